The van der Waals surface area contributed by atoms with E-state index in [2.05, 4.69) is 22.0 Å². The molecule has 1 saturated heterocycles. The molecule has 0 unspecified atom stereocenters. The average molecular weight is 217 g/mol. The fourth-order valence-corrected chi connectivity index (χ4v) is 2.47. The Balaban J connectivity index is 2.07. The lowest BCUT2D eigenvalue weighted by Crippen LogP contribution is -2.23. The molecule has 15 heavy (non-hydrogen) atoms. The molecule has 1 heterocycles. The highest BCUT2D eigenvalue weighted by molar-refractivity contribution is 8.14. The Kier molecular flexibility index (Phi) is 3.25. The minimum absolute atomic E-state index is 0.842. The number of nitrogens with zero attached hydrogens (tertiary/aromatic N) is 3. The quantitative estimate of drug-likeness (QED) is 0.712. The summed E-state index contributed by atoms with van der Waals surface area (Å²) in [4.78, 5) is 5.95. The minimum atomic E-state index is 0.842. The van der Waals surface area contributed by atoms with Gasteiger partial charge in [-0.1, -0.05) is 42.1 Å². The van der Waals surface area contributed by atoms with Crippen molar-refractivity contribution in [3.8, 4) is 6.19 Å². The van der Waals surface area contributed by atoms with Crippen LogP contribution in [0.1, 0.15) is 5.56 Å². The van der Waals surface area contributed by atoms with Gasteiger partial charge in [-0.25, -0.2) is 0 Å². The summed E-state index contributed by atoms with van der Waals surface area (Å²) in [6.45, 7) is 1.81. The van der Waals surface area contributed by atoms with Crippen LogP contribution in [0, 0.1) is 11.5 Å². The van der Waals surface area contributed by atoms with Crippen LogP contribution in [0.15, 0.2) is 35.3 Å². The first kappa shape index (κ1) is 10.1. The van der Waals surface area contributed by atoms with Crippen molar-refractivity contribution in [2.24, 2.45) is 4.99 Å². The third kappa shape index (κ3) is 2.51. The molecule has 0 saturated carbocycles. The molecule has 1 aromatic rings. The second-order valence-corrected chi connectivity index (χ2v) is 4.31. The second kappa shape index (κ2) is 4.85. The highest BCUT2D eigenvalue weighted by atomic mass is 32.2. The maximum absolute atomic E-state index is 8.53. The minimum Gasteiger partial charge on any atom is -0.345 e. The molecule has 0 radical (unpaired) electrons. The molecule has 1 fully saturated rings. The summed E-state index contributed by atoms with van der Waals surface area (Å²) in [7, 11) is 0. The van der Waals surface area contributed by atoms with Crippen LogP contribution in [0.2, 0.25) is 0 Å². The van der Waals surface area contributed by atoms with E-state index in [0.29, 0.717) is 0 Å². The number of thioether (sulfide) groups is 1. The van der Waals surface area contributed by atoms with Gasteiger partial charge in [0.1, 0.15) is 0 Å². The van der Waals surface area contributed by atoms with Gasteiger partial charge >= 0.3 is 0 Å². The van der Waals surface area contributed by atoms with Gasteiger partial charge in [-0.05, 0) is 5.56 Å². The lowest BCUT2D eigenvalue weighted by Gasteiger charge is -2.16. The standard InChI is InChI=1S/C11H11N3S/c12-9-13-11-14(6-7-15-11)8-10-4-2-1-3-5-10/h1-5H,6-8H2/b13-11+. The van der Waals surface area contributed by atoms with Crippen molar-refractivity contribution in [1.29, 1.82) is 5.26 Å². The molecular weight excluding hydrogens is 206 g/mol. The molecule has 2 rings (SSSR count). The van der Waals surface area contributed by atoms with E-state index in [4.69, 9.17) is 5.26 Å². The van der Waals surface area contributed by atoms with Crippen LogP contribution in [0.25, 0.3) is 0 Å². The van der Waals surface area contributed by atoms with Gasteiger partial charge in [-0.15, -0.1) is 4.99 Å². The topological polar surface area (TPSA) is 39.4 Å². The Morgan fingerprint density at radius 1 is 1.40 bits per heavy atom. The van der Waals surface area contributed by atoms with Gasteiger partial charge in [0.15, 0.2) is 5.17 Å². The van der Waals surface area contributed by atoms with Gasteiger partial charge in [0.05, 0.1) is 0 Å². The first-order chi connectivity index (χ1) is 7.40. The van der Waals surface area contributed by atoms with Gasteiger partial charge in [0.25, 0.3) is 0 Å². The van der Waals surface area contributed by atoms with Crippen LogP contribution in [0.4, 0.5) is 0 Å². The smallest absolute Gasteiger partial charge is 0.208 e. The van der Waals surface area contributed by atoms with E-state index in [-0.39, 0.29) is 0 Å². The number of rotatable bonds is 2. The van der Waals surface area contributed by atoms with Crippen molar-refractivity contribution in [3.05, 3.63) is 35.9 Å². The normalized spacial score (nSPS) is 18.1. The molecule has 0 bridgehead atoms. The summed E-state index contributed by atoms with van der Waals surface area (Å²) in [5, 5.41) is 9.38. The maximum Gasteiger partial charge on any atom is 0.208 e. The molecule has 0 spiro atoms. The van der Waals surface area contributed by atoms with Crippen molar-refractivity contribution in [2.75, 3.05) is 12.3 Å². The summed E-state index contributed by atoms with van der Waals surface area (Å²) < 4.78 is 0. The molecule has 3 nitrogen and oxygen atoms in total. The first-order valence-corrected chi connectivity index (χ1v) is 5.77. The molecule has 0 amide bonds. The van der Waals surface area contributed by atoms with Crippen molar-refractivity contribution in [3.63, 3.8) is 0 Å². The summed E-state index contributed by atoms with van der Waals surface area (Å²) in [5.74, 6) is 1.02. The number of benzene rings is 1. The number of amidine groups is 1. The Bertz CT molecular complexity index is 394. The second-order valence-electron chi connectivity index (χ2n) is 3.25. The lowest BCUT2D eigenvalue weighted by atomic mass is 10.2. The number of hydrogen-bond donors (Lipinski definition) is 0. The average Bonchev–Trinajstić information content (AvgIpc) is 2.68. The van der Waals surface area contributed by atoms with Gasteiger partial charge in [0.2, 0.25) is 6.19 Å². The summed E-state index contributed by atoms with van der Waals surface area (Å²) in [6, 6.07) is 10.2. The van der Waals surface area contributed by atoms with Gasteiger partial charge in [-0.3, -0.25) is 0 Å². The monoisotopic (exact) mass is 217 g/mol. The zero-order valence-corrected chi connectivity index (χ0v) is 9.07. The Labute approximate surface area is 93.4 Å². The molecule has 0 N–H and O–H groups in total. The van der Waals surface area contributed by atoms with E-state index >= 15 is 0 Å². The molecule has 0 aromatic heterocycles. The van der Waals surface area contributed by atoms with E-state index in [1.807, 2.05) is 24.4 Å². The van der Waals surface area contributed by atoms with Crippen LogP contribution in [-0.2, 0) is 6.54 Å². The van der Waals surface area contributed by atoms with Crippen LogP contribution in [0.3, 0.4) is 0 Å². The predicted octanol–water partition coefficient (Wildman–Crippen LogP) is 2.07. The van der Waals surface area contributed by atoms with Crippen molar-refractivity contribution in [2.45, 2.75) is 6.54 Å². The van der Waals surface area contributed by atoms with Crippen LogP contribution in [0.5, 0.6) is 0 Å². The van der Waals surface area contributed by atoms with Crippen LogP contribution in [-0.4, -0.2) is 22.4 Å². The summed E-state index contributed by atoms with van der Waals surface area (Å²) in [6.07, 6.45) is 1.85. The molecule has 76 valence electrons. The molecule has 4 heteroatoms. The van der Waals surface area contributed by atoms with E-state index in [9.17, 15) is 0 Å². The molecular formula is C11H11N3S. The summed E-state index contributed by atoms with van der Waals surface area (Å²) >= 11 is 1.65. The lowest BCUT2D eigenvalue weighted by molar-refractivity contribution is 0.457. The largest absolute Gasteiger partial charge is 0.345 e. The van der Waals surface area contributed by atoms with Crippen molar-refractivity contribution < 1.29 is 0 Å². The zero-order valence-electron chi connectivity index (χ0n) is 8.26. The predicted molar refractivity (Wildman–Crippen MR) is 62.4 cm³/mol. The van der Waals surface area contributed by atoms with Crippen molar-refractivity contribution >= 4 is 16.9 Å². The highest BCUT2D eigenvalue weighted by Crippen LogP contribution is 2.20. The fourth-order valence-electron chi connectivity index (χ4n) is 1.53. The molecule has 1 aliphatic heterocycles. The molecule has 0 atom stereocenters. The molecule has 0 aliphatic carbocycles. The fraction of sp³-hybridized carbons (Fsp3) is 0.273. The van der Waals surface area contributed by atoms with E-state index < -0.39 is 0 Å². The van der Waals surface area contributed by atoms with Gasteiger partial charge in [-0.2, -0.15) is 5.26 Å². The summed E-state index contributed by atoms with van der Waals surface area (Å²) in [5.41, 5.74) is 1.26. The molecule has 1 aromatic carbocycles. The van der Waals surface area contributed by atoms with E-state index in [0.717, 1.165) is 24.0 Å². The number of aliphatic imine (C=N–C) groups is 1. The van der Waals surface area contributed by atoms with Gasteiger partial charge < -0.3 is 4.90 Å². The maximum atomic E-state index is 8.53. The van der Waals surface area contributed by atoms with Crippen LogP contribution >= 0.6 is 11.8 Å². The third-order valence-electron chi connectivity index (χ3n) is 2.22. The third-order valence-corrected chi connectivity index (χ3v) is 3.22. The Hall–Kier alpha value is -1.47. The van der Waals surface area contributed by atoms with E-state index in [1.54, 1.807) is 11.8 Å². The number of nitriles is 1. The Morgan fingerprint density at radius 2 is 2.20 bits per heavy atom. The van der Waals surface area contributed by atoms with Crippen LogP contribution < -0.4 is 0 Å². The Morgan fingerprint density at radius 3 is 2.93 bits per heavy atom. The first-order valence-electron chi connectivity index (χ1n) is 4.78. The zero-order chi connectivity index (χ0) is 10.5. The molecule has 1 aliphatic rings. The van der Waals surface area contributed by atoms with E-state index in [1.165, 1.54) is 5.56 Å². The highest BCUT2D eigenvalue weighted by Gasteiger charge is 2.19. The van der Waals surface area contributed by atoms with Gasteiger partial charge in [0, 0.05) is 18.8 Å². The number of hydrogen-bond acceptors (Lipinski definition) is 3. The SMILES string of the molecule is N#C/N=C1/SCCN1Cc1ccccc1. The van der Waals surface area contributed by atoms with Crippen molar-refractivity contribution in [1.82, 2.24) is 4.90 Å².